The van der Waals surface area contributed by atoms with Gasteiger partial charge in [0.25, 0.3) is 5.92 Å². The number of alkyl halides is 2. The van der Waals surface area contributed by atoms with Gasteiger partial charge in [-0.15, -0.1) is 0 Å². The van der Waals surface area contributed by atoms with Crippen LogP contribution in [-0.2, 0) is 11.2 Å². The Morgan fingerprint density at radius 3 is 2.62 bits per heavy atom. The number of hydrogen-bond donors (Lipinski definition) is 2. The molecule has 4 heterocycles. The molecule has 2 saturated heterocycles. The first-order valence-corrected chi connectivity index (χ1v) is 11.0. The van der Waals surface area contributed by atoms with E-state index in [2.05, 4.69) is 25.2 Å². The summed E-state index contributed by atoms with van der Waals surface area (Å²) in [5, 5.41) is 12.6. The van der Waals surface area contributed by atoms with Crippen LogP contribution in [0.3, 0.4) is 0 Å². The molecule has 2 aromatic heterocycles. The van der Waals surface area contributed by atoms with E-state index < -0.39 is 17.7 Å². The molecule has 1 aliphatic carbocycles. The molecule has 0 radical (unpaired) electrons. The predicted octanol–water partition coefficient (Wildman–Crippen LogP) is 2.64. The number of amides is 1. The Labute approximate surface area is 188 Å². The molecular weight excluding hydrogens is 442 g/mol. The van der Waals surface area contributed by atoms with Crippen LogP contribution < -0.4 is 10.2 Å². The molecule has 2 N–H and O–H groups in total. The molecule has 5 rings (SSSR count). The van der Waals surface area contributed by atoms with Gasteiger partial charge in [0, 0.05) is 50.8 Å². The normalized spacial score (nSPS) is 25.7. The molecule has 3 fully saturated rings. The molecule has 1 unspecified atom stereocenters. The van der Waals surface area contributed by atoms with Crippen LogP contribution in [0.2, 0.25) is 5.02 Å². The molecule has 32 heavy (non-hydrogen) atoms. The second-order valence-corrected chi connectivity index (χ2v) is 8.95. The zero-order chi connectivity index (χ0) is 22.5. The Hall–Kier alpha value is -2.59. The van der Waals surface area contributed by atoms with Gasteiger partial charge in [0.15, 0.2) is 0 Å². The van der Waals surface area contributed by atoms with E-state index in [9.17, 15) is 13.6 Å². The van der Waals surface area contributed by atoms with E-state index >= 15 is 0 Å². The number of carbonyl (C=O) groups excluding carboxylic acids is 1. The number of anilines is 3. The number of fused-ring (bicyclic) bond motifs is 2. The third-order valence-corrected chi connectivity index (χ3v) is 6.67. The second-order valence-electron chi connectivity index (χ2n) is 8.54. The Bertz CT molecular complexity index is 1030. The molecule has 0 spiro atoms. The van der Waals surface area contributed by atoms with Gasteiger partial charge in [-0.25, -0.2) is 13.8 Å². The van der Waals surface area contributed by atoms with Crippen molar-refractivity contribution >= 4 is 35.0 Å². The highest BCUT2D eigenvalue weighted by Gasteiger charge is 2.64. The summed E-state index contributed by atoms with van der Waals surface area (Å²) < 4.78 is 26.8. The van der Waals surface area contributed by atoms with Crippen molar-refractivity contribution in [3.05, 3.63) is 35.2 Å². The van der Waals surface area contributed by atoms with Crippen LogP contribution in [0.15, 0.2) is 24.5 Å². The summed E-state index contributed by atoms with van der Waals surface area (Å²) >= 11 is 6.21. The summed E-state index contributed by atoms with van der Waals surface area (Å²) in [5.41, 5.74) is 1.23. The van der Waals surface area contributed by atoms with Gasteiger partial charge in [-0.05, 0) is 25.0 Å². The van der Waals surface area contributed by atoms with Crippen molar-refractivity contribution in [2.24, 2.45) is 5.92 Å². The van der Waals surface area contributed by atoms with Gasteiger partial charge >= 0.3 is 0 Å². The zero-order valence-electron chi connectivity index (χ0n) is 17.2. The third kappa shape index (κ3) is 3.97. The summed E-state index contributed by atoms with van der Waals surface area (Å²) in [6, 6.07) is 3.35. The zero-order valence-corrected chi connectivity index (χ0v) is 18.0. The molecule has 2 bridgehead atoms. The number of hydrogen-bond acceptors (Lipinski definition) is 7. The summed E-state index contributed by atoms with van der Waals surface area (Å²) in [5.74, 6) is -3.30. The Morgan fingerprint density at radius 2 is 2.00 bits per heavy atom. The van der Waals surface area contributed by atoms with Crippen molar-refractivity contribution < 1.29 is 18.7 Å². The third-order valence-electron chi connectivity index (χ3n) is 6.35. The molecule has 2 aromatic rings. The molecule has 3 aliphatic rings. The summed E-state index contributed by atoms with van der Waals surface area (Å²) in [6.45, 7) is 1.08. The number of pyridine rings is 1. The lowest BCUT2D eigenvalue weighted by atomic mass is 10.1. The maximum absolute atomic E-state index is 13.4. The standard InChI is InChI=1S/C21H23ClF2N6O2/c22-16-7-12(9-26-17(16)4-6-31)27-20-25-5-3-18(28-20)29-10-13-1-2-14(11-29)30(13)19(32)15-8-21(15,23)24/h3,5,7,9,13-15,31H,1-2,4,6,8,10-11H2,(H,25,27,28)/t13-,14?,15+/m1/s1. The highest BCUT2D eigenvalue weighted by Crippen LogP contribution is 2.51. The number of carbonyl (C=O) groups is 1. The van der Waals surface area contributed by atoms with Crippen LogP contribution in [-0.4, -0.2) is 68.6 Å². The largest absolute Gasteiger partial charge is 0.396 e. The lowest BCUT2D eigenvalue weighted by molar-refractivity contribution is -0.138. The van der Waals surface area contributed by atoms with E-state index in [1.807, 2.05) is 0 Å². The molecule has 11 heteroatoms. The van der Waals surface area contributed by atoms with E-state index in [-0.39, 0.29) is 25.1 Å². The first kappa shape index (κ1) is 21.3. The number of aliphatic hydroxyl groups excluding tert-OH is 1. The minimum Gasteiger partial charge on any atom is -0.396 e. The maximum Gasteiger partial charge on any atom is 0.260 e. The highest BCUT2D eigenvalue weighted by molar-refractivity contribution is 6.31. The predicted molar refractivity (Wildman–Crippen MR) is 114 cm³/mol. The molecule has 1 amide bonds. The number of aromatic nitrogens is 3. The van der Waals surface area contributed by atoms with Gasteiger partial charge in [-0.2, -0.15) is 4.98 Å². The Kier molecular flexibility index (Phi) is 5.37. The highest BCUT2D eigenvalue weighted by atomic mass is 35.5. The van der Waals surface area contributed by atoms with E-state index in [1.54, 1.807) is 29.4 Å². The van der Waals surface area contributed by atoms with Crippen molar-refractivity contribution in [2.45, 2.75) is 43.7 Å². The van der Waals surface area contributed by atoms with Crippen LogP contribution in [0.25, 0.3) is 0 Å². The first-order chi connectivity index (χ1) is 15.4. The van der Waals surface area contributed by atoms with Crippen LogP contribution in [0, 0.1) is 5.92 Å². The topological polar surface area (TPSA) is 94.5 Å². The van der Waals surface area contributed by atoms with Crippen molar-refractivity contribution in [1.29, 1.82) is 0 Å². The van der Waals surface area contributed by atoms with E-state index in [0.717, 1.165) is 12.8 Å². The number of rotatable bonds is 6. The van der Waals surface area contributed by atoms with Crippen LogP contribution >= 0.6 is 11.6 Å². The lowest BCUT2D eigenvalue weighted by Gasteiger charge is -2.41. The van der Waals surface area contributed by atoms with Crippen LogP contribution in [0.1, 0.15) is 25.0 Å². The van der Waals surface area contributed by atoms with Crippen LogP contribution in [0.4, 0.5) is 26.2 Å². The molecule has 3 atom stereocenters. The smallest absolute Gasteiger partial charge is 0.260 e. The van der Waals surface area contributed by atoms with Gasteiger partial charge in [0.2, 0.25) is 11.9 Å². The molecule has 170 valence electrons. The van der Waals surface area contributed by atoms with E-state index in [0.29, 0.717) is 47.7 Å². The van der Waals surface area contributed by atoms with Gasteiger partial charge in [0.1, 0.15) is 11.7 Å². The number of nitrogens with one attached hydrogen (secondary N) is 1. The average molecular weight is 465 g/mol. The van der Waals surface area contributed by atoms with E-state index in [4.69, 9.17) is 16.7 Å². The minimum atomic E-state index is -2.84. The fraction of sp³-hybridized carbons (Fsp3) is 0.524. The number of nitrogens with zero attached hydrogens (tertiary/aromatic N) is 5. The summed E-state index contributed by atoms with van der Waals surface area (Å²) in [6.07, 6.45) is 4.92. The lowest BCUT2D eigenvalue weighted by Crippen LogP contribution is -2.56. The molecule has 1 saturated carbocycles. The maximum atomic E-state index is 13.4. The molecule has 2 aliphatic heterocycles. The fourth-order valence-electron chi connectivity index (χ4n) is 4.65. The van der Waals surface area contributed by atoms with Crippen LogP contribution in [0.5, 0.6) is 0 Å². The molecular formula is C21H23ClF2N6O2. The molecule has 8 nitrogen and oxygen atoms in total. The first-order valence-electron chi connectivity index (χ1n) is 10.7. The number of aliphatic hydroxyl groups is 1. The molecule has 0 aromatic carbocycles. The summed E-state index contributed by atoms with van der Waals surface area (Å²) in [7, 11) is 0. The van der Waals surface area contributed by atoms with Crippen molar-refractivity contribution in [1.82, 2.24) is 19.9 Å². The van der Waals surface area contributed by atoms with Gasteiger partial charge < -0.3 is 20.2 Å². The quantitative estimate of drug-likeness (QED) is 0.678. The Morgan fingerprint density at radius 1 is 1.28 bits per heavy atom. The average Bonchev–Trinajstić information content (AvgIpc) is 3.33. The van der Waals surface area contributed by atoms with Crippen molar-refractivity contribution in [2.75, 3.05) is 29.9 Å². The number of halogens is 3. The van der Waals surface area contributed by atoms with Gasteiger partial charge in [-0.1, -0.05) is 11.6 Å². The minimum absolute atomic E-state index is 0.0332. The monoisotopic (exact) mass is 464 g/mol. The SMILES string of the molecule is O=C([C@@H]1CC1(F)F)N1C2CC[C@@H]1CN(c1ccnc(Nc3cnc(CCO)c(Cl)c3)n1)C2. The van der Waals surface area contributed by atoms with Gasteiger partial charge in [-0.3, -0.25) is 9.78 Å². The fourth-order valence-corrected chi connectivity index (χ4v) is 4.91. The van der Waals surface area contributed by atoms with E-state index in [1.165, 1.54) is 0 Å². The van der Waals surface area contributed by atoms with Gasteiger partial charge in [0.05, 0.1) is 22.6 Å². The summed E-state index contributed by atoms with van der Waals surface area (Å²) in [4.78, 5) is 29.5. The number of piperazine rings is 1. The van der Waals surface area contributed by atoms with Crippen molar-refractivity contribution in [3.63, 3.8) is 0 Å². The Balaban J connectivity index is 1.28. The second kappa shape index (κ2) is 8.08. The van der Waals surface area contributed by atoms with Crippen molar-refractivity contribution in [3.8, 4) is 0 Å².